The lowest BCUT2D eigenvalue weighted by Gasteiger charge is -2.13. The fourth-order valence-corrected chi connectivity index (χ4v) is 2.08. The molecule has 0 bridgehead atoms. The van der Waals surface area contributed by atoms with Gasteiger partial charge in [0.1, 0.15) is 5.75 Å². The van der Waals surface area contributed by atoms with E-state index in [0.717, 1.165) is 12.2 Å². The van der Waals surface area contributed by atoms with Crippen LogP contribution in [0.4, 0.5) is 0 Å². The Bertz CT molecular complexity index is 299. The molecule has 1 rings (SSSR count). The van der Waals surface area contributed by atoms with E-state index in [1.807, 2.05) is 19.2 Å². The first-order valence-corrected chi connectivity index (χ1v) is 5.87. The third-order valence-electron chi connectivity index (χ3n) is 2.03. The van der Waals surface area contributed by atoms with Crippen LogP contribution in [0.5, 0.6) is 5.75 Å². The standard InChI is InChI=1S/C11H17NOS/c1-8(12)7-9-5-4-6-10(14-3)11(9)13-2/h4-6,8H,7,12H2,1-3H3. The van der Waals surface area contributed by atoms with Gasteiger partial charge >= 0.3 is 0 Å². The van der Waals surface area contributed by atoms with Gasteiger partial charge in [0.25, 0.3) is 0 Å². The molecule has 2 nitrogen and oxygen atoms in total. The molecule has 1 aromatic rings. The van der Waals surface area contributed by atoms with E-state index in [1.165, 1.54) is 10.5 Å². The first-order valence-electron chi connectivity index (χ1n) is 4.64. The molecule has 78 valence electrons. The second-order valence-electron chi connectivity index (χ2n) is 3.33. The van der Waals surface area contributed by atoms with E-state index in [2.05, 4.69) is 12.1 Å². The molecular formula is C11H17NOS. The van der Waals surface area contributed by atoms with Gasteiger partial charge in [-0.1, -0.05) is 12.1 Å². The first kappa shape index (κ1) is 11.4. The summed E-state index contributed by atoms with van der Waals surface area (Å²) in [5, 5.41) is 0. The maximum Gasteiger partial charge on any atom is 0.135 e. The SMILES string of the molecule is COc1c(CC(C)N)cccc1SC. The molecule has 3 heteroatoms. The summed E-state index contributed by atoms with van der Waals surface area (Å²) in [7, 11) is 1.71. The molecule has 0 amide bonds. The normalized spacial score (nSPS) is 12.6. The van der Waals surface area contributed by atoms with Crippen LogP contribution in [0.2, 0.25) is 0 Å². The second-order valence-corrected chi connectivity index (χ2v) is 4.18. The van der Waals surface area contributed by atoms with E-state index in [9.17, 15) is 0 Å². The molecule has 0 saturated heterocycles. The summed E-state index contributed by atoms with van der Waals surface area (Å²) in [6.45, 7) is 2.01. The summed E-state index contributed by atoms with van der Waals surface area (Å²) in [5.74, 6) is 0.970. The van der Waals surface area contributed by atoms with Crippen LogP contribution in [0.1, 0.15) is 12.5 Å². The van der Waals surface area contributed by atoms with Crippen molar-refractivity contribution < 1.29 is 4.74 Å². The Kier molecular flexibility index (Phi) is 4.29. The maximum absolute atomic E-state index is 5.78. The van der Waals surface area contributed by atoms with Crippen LogP contribution in [0.3, 0.4) is 0 Å². The van der Waals surface area contributed by atoms with Crippen LogP contribution in [-0.4, -0.2) is 19.4 Å². The molecule has 0 aliphatic carbocycles. The number of para-hydroxylation sites is 1. The lowest BCUT2D eigenvalue weighted by molar-refractivity contribution is 0.398. The van der Waals surface area contributed by atoms with E-state index in [1.54, 1.807) is 18.9 Å². The Morgan fingerprint density at radius 3 is 2.71 bits per heavy atom. The van der Waals surface area contributed by atoms with Crippen molar-refractivity contribution in [3.63, 3.8) is 0 Å². The third kappa shape index (κ3) is 2.66. The molecule has 0 aliphatic rings. The topological polar surface area (TPSA) is 35.2 Å². The van der Waals surface area contributed by atoms with Crippen LogP contribution in [0, 0.1) is 0 Å². The molecule has 0 fully saturated rings. The van der Waals surface area contributed by atoms with Crippen LogP contribution >= 0.6 is 11.8 Å². The zero-order valence-corrected chi connectivity index (χ0v) is 9.73. The smallest absolute Gasteiger partial charge is 0.135 e. The van der Waals surface area contributed by atoms with Gasteiger partial charge in [0.2, 0.25) is 0 Å². The van der Waals surface area contributed by atoms with E-state index >= 15 is 0 Å². The van der Waals surface area contributed by atoms with Gasteiger partial charge in [-0.3, -0.25) is 0 Å². The van der Waals surface area contributed by atoms with Gasteiger partial charge in [-0.25, -0.2) is 0 Å². The Labute approximate surface area is 89.8 Å². The minimum Gasteiger partial charge on any atom is -0.495 e. The van der Waals surface area contributed by atoms with Crippen molar-refractivity contribution in [1.82, 2.24) is 0 Å². The molecule has 1 aromatic carbocycles. The average molecular weight is 211 g/mol. The molecule has 0 spiro atoms. The van der Waals surface area contributed by atoms with Crippen LogP contribution in [0.15, 0.2) is 23.1 Å². The molecule has 0 aromatic heterocycles. The van der Waals surface area contributed by atoms with Gasteiger partial charge in [-0.05, 0) is 31.2 Å². The number of rotatable bonds is 4. The largest absolute Gasteiger partial charge is 0.495 e. The van der Waals surface area contributed by atoms with Gasteiger partial charge < -0.3 is 10.5 Å². The minimum absolute atomic E-state index is 0.168. The van der Waals surface area contributed by atoms with Crippen molar-refractivity contribution >= 4 is 11.8 Å². The van der Waals surface area contributed by atoms with Gasteiger partial charge in [-0.2, -0.15) is 0 Å². The van der Waals surface area contributed by atoms with Gasteiger partial charge in [0.05, 0.1) is 7.11 Å². The molecule has 0 radical (unpaired) electrons. The fourth-order valence-electron chi connectivity index (χ4n) is 1.46. The summed E-state index contributed by atoms with van der Waals surface area (Å²) in [6, 6.07) is 6.35. The Balaban J connectivity index is 3.02. The Morgan fingerprint density at radius 1 is 1.50 bits per heavy atom. The highest BCUT2D eigenvalue weighted by atomic mass is 32.2. The highest BCUT2D eigenvalue weighted by Gasteiger charge is 2.09. The molecular weight excluding hydrogens is 194 g/mol. The number of ether oxygens (including phenoxy) is 1. The van der Waals surface area contributed by atoms with Gasteiger partial charge in [0, 0.05) is 10.9 Å². The summed E-state index contributed by atoms with van der Waals surface area (Å²) >= 11 is 1.70. The highest BCUT2D eigenvalue weighted by molar-refractivity contribution is 7.98. The first-order chi connectivity index (χ1) is 6.69. The fraction of sp³-hybridized carbons (Fsp3) is 0.455. The van der Waals surface area contributed by atoms with E-state index in [4.69, 9.17) is 10.5 Å². The van der Waals surface area contributed by atoms with Crippen LogP contribution in [0.25, 0.3) is 0 Å². The number of hydrogen-bond donors (Lipinski definition) is 1. The van der Waals surface area contributed by atoms with Crippen LogP contribution in [-0.2, 0) is 6.42 Å². The molecule has 1 atom stereocenters. The number of thioether (sulfide) groups is 1. The number of nitrogens with two attached hydrogens (primary N) is 1. The predicted molar refractivity (Wildman–Crippen MR) is 62.1 cm³/mol. The van der Waals surface area contributed by atoms with Crippen molar-refractivity contribution in [2.75, 3.05) is 13.4 Å². The van der Waals surface area contributed by atoms with Crippen molar-refractivity contribution in [3.8, 4) is 5.75 Å². The number of hydrogen-bond acceptors (Lipinski definition) is 3. The molecule has 0 saturated carbocycles. The van der Waals surface area contributed by atoms with Crippen molar-refractivity contribution in [3.05, 3.63) is 23.8 Å². The number of benzene rings is 1. The van der Waals surface area contributed by atoms with E-state index in [-0.39, 0.29) is 6.04 Å². The average Bonchev–Trinajstić information content (AvgIpc) is 2.16. The molecule has 0 aliphatic heterocycles. The Hall–Kier alpha value is -0.670. The molecule has 0 heterocycles. The van der Waals surface area contributed by atoms with Crippen molar-refractivity contribution in [2.45, 2.75) is 24.3 Å². The predicted octanol–water partition coefficient (Wildman–Crippen LogP) is 2.31. The quantitative estimate of drug-likeness (QED) is 0.776. The third-order valence-corrected chi connectivity index (χ3v) is 2.79. The summed E-state index contributed by atoms with van der Waals surface area (Å²) in [6.07, 6.45) is 2.91. The Morgan fingerprint density at radius 2 is 2.21 bits per heavy atom. The van der Waals surface area contributed by atoms with E-state index < -0.39 is 0 Å². The second kappa shape index (κ2) is 5.27. The molecule has 2 N–H and O–H groups in total. The minimum atomic E-state index is 0.168. The maximum atomic E-state index is 5.78. The summed E-state index contributed by atoms with van der Waals surface area (Å²) < 4.78 is 5.39. The van der Waals surface area contributed by atoms with Gasteiger partial charge in [0.15, 0.2) is 0 Å². The lowest BCUT2D eigenvalue weighted by atomic mass is 10.1. The zero-order valence-electron chi connectivity index (χ0n) is 8.91. The van der Waals surface area contributed by atoms with Gasteiger partial charge in [-0.15, -0.1) is 11.8 Å². The highest BCUT2D eigenvalue weighted by Crippen LogP contribution is 2.31. The lowest BCUT2D eigenvalue weighted by Crippen LogP contribution is -2.18. The summed E-state index contributed by atoms with van der Waals surface area (Å²) in [4.78, 5) is 1.17. The zero-order chi connectivity index (χ0) is 10.6. The molecule has 1 unspecified atom stereocenters. The van der Waals surface area contributed by atoms with E-state index in [0.29, 0.717) is 0 Å². The van der Waals surface area contributed by atoms with Crippen molar-refractivity contribution in [2.24, 2.45) is 5.73 Å². The monoisotopic (exact) mass is 211 g/mol. The van der Waals surface area contributed by atoms with Crippen molar-refractivity contribution in [1.29, 1.82) is 0 Å². The number of methoxy groups -OCH3 is 1. The van der Waals surface area contributed by atoms with Crippen LogP contribution < -0.4 is 10.5 Å². The summed E-state index contributed by atoms with van der Waals surface area (Å²) in [5.41, 5.74) is 6.97. The molecule has 14 heavy (non-hydrogen) atoms.